The van der Waals surface area contributed by atoms with Crippen LogP contribution < -0.4 is 5.56 Å². The van der Waals surface area contributed by atoms with Crippen molar-refractivity contribution < 1.29 is 4.79 Å². The molecule has 0 N–H and O–H groups in total. The van der Waals surface area contributed by atoms with Crippen LogP contribution in [0, 0.1) is 6.92 Å². The Bertz CT molecular complexity index is 1020. The van der Waals surface area contributed by atoms with Gasteiger partial charge in [-0.1, -0.05) is 36.4 Å². The smallest absolute Gasteiger partial charge is 0.261 e. The highest BCUT2D eigenvalue weighted by molar-refractivity contribution is 5.81. The van der Waals surface area contributed by atoms with Crippen molar-refractivity contribution in [3.63, 3.8) is 0 Å². The molecule has 5 nitrogen and oxygen atoms in total. The van der Waals surface area contributed by atoms with Gasteiger partial charge < -0.3 is 4.90 Å². The summed E-state index contributed by atoms with van der Waals surface area (Å²) >= 11 is 0. The minimum absolute atomic E-state index is 0.0257. The molecule has 1 aromatic heterocycles. The second kappa shape index (κ2) is 6.16. The molecule has 1 amide bonds. The summed E-state index contributed by atoms with van der Waals surface area (Å²) in [5.74, 6) is -0.0505. The number of carbonyl (C=O) groups is 1. The number of carbonyl (C=O) groups excluding carboxylic acids is 1. The van der Waals surface area contributed by atoms with Gasteiger partial charge in [-0.2, -0.15) is 0 Å². The molecule has 0 bridgehead atoms. The van der Waals surface area contributed by atoms with E-state index in [2.05, 4.69) is 17.1 Å². The number of nitrogens with zero attached hydrogens (tertiary/aromatic N) is 3. The second-order valence-electron chi connectivity index (χ2n) is 6.48. The van der Waals surface area contributed by atoms with Gasteiger partial charge in [0.25, 0.3) is 5.56 Å². The molecule has 2 heterocycles. The zero-order valence-corrected chi connectivity index (χ0v) is 14.1. The zero-order valence-electron chi connectivity index (χ0n) is 14.1. The summed E-state index contributed by atoms with van der Waals surface area (Å²) in [5.41, 5.74) is 3.97. The molecule has 0 radical (unpaired) electrons. The highest BCUT2D eigenvalue weighted by Gasteiger charge is 2.21. The molecule has 0 atom stereocenters. The molecule has 25 heavy (non-hydrogen) atoms. The van der Waals surface area contributed by atoms with Crippen LogP contribution in [0.5, 0.6) is 0 Å². The maximum Gasteiger partial charge on any atom is 0.261 e. The molecular weight excluding hydrogens is 314 g/mol. The van der Waals surface area contributed by atoms with Crippen molar-refractivity contribution in [2.24, 2.45) is 0 Å². The Hall–Kier alpha value is -2.95. The fourth-order valence-corrected chi connectivity index (χ4v) is 3.40. The number of aromatic nitrogens is 2. The van der Waals surface area contributed by atoms with Crippen LogP contribution in [0.15, 0.2) is 53.6 Å². The Balaban J connectivity index is 1.59. The molecule has 0 saturated carbocycles. The number of hydrogen-bond acceptors (Lipinski definition) is 3. The molecule has 0 aliphatic carbocycles. The summed E-state index contributed by atoms with van der Waals surface area (Å²) in [5, 5.41) is 0.555. The summed E-state index contributed by atoms with van der Waals surface area (Å²) < 4.78 is 1.41. The number of rotatable bonds is 2. The van der Waals surface area contributed by atoms with Crippen molar-refractivity contribution in [3.8, 4) is 0 Å². The quantitative estimate of drug-likeness (QED) is 0.723. The predicted molar refractivity (Wildman–Crippen MR) is 96.3 cm³/mol. The molecule has 4 rings (SSSR count). The molecule has 1 aliphatic rings. The molecule has 0 saturated heterocycles. The largest absolute Gasteiger partial charge is 0.336 e. The fourth-order valence-electron chi connectivity index (χ4n) is 3.40. The van der Waals surface area contributed by atoms with E-state index in [-0.39, 0.29) is 18.0 Å². The number of fused-ring (bicyclic) bond motifs is 2. The third-order valence-electron chi connectivity index (χ3n) is 4.84. The van der Waals surface area contributed by atoms with Gasteiger partial charge in [0, 0.05) is 13.1 Å². The van der Waals surface area contributed by atoms with Gasteiger partial charge in [-0.3, -0.25) is 14.2 Å². The molecule has 126 valence electrons. The minimum Gasteiger partial charge on any atom is -0.336 e. The van der Waals surface area contributed by atoms with E-state index in [1.807, 2.05) is 36.1 Å². The summed E-state index contributed by atoms with van der Waals surface area (Å²) in [4.78, 5) is 31.5. The van der Waals surface area contributed by atoms with Crippen LogP contribution in [0.4, 0.5) is 0 Å². The topological polar surface area (TPSA) is 55.2 Å². The van der Waals surface area contributed by atoms with Crippen molar-refractivity contribution in [2.45, 2.75) is 26.4 Å². The predicted octanol–water partition coefficient (Wildman–Crippen LogP) is 2.29. The van der Waals surface area contributed by atoms with Gasteiger partial charge in [0.2, 0.25) is 5.91 Å². The van der Waals surface area contributed by atoms with E-state index in [1.54, 1.807) is 6.07 Å². The van der Waals surface area contributed by atoms with Crippen LogP contribution in [0.3, 0.4) is 0 Å². The standard InChI is InChI=1S/C20H19N3O2/c1-14-5-4-8-17-19(14)21-13-23(20(17)25)12-18(24)22-10-9-15-6-2-3-7-16(15)11-22/h2-8,13H,9-12H2,1H3. The monoisotopic (exact) mass is 333 g/mol. The number of para-hydroxylation sites is 1. The average Bonchev–Trinajstić information content (AvgIpc) is 2.64. The van der Waals surface area contributed by atoms with Gasteiger partial charge >= 0.3 is 0 Å². The average molecular weight is 333 g/mol. The summed E-state index contributed by atoms with van der Waals surface area (Å²) in [7, 11) is 0. The van der Waals surface area contributed by atoms with Gasteiger partial charge in [-0.25, -0.2) is 4.98 Å². The number of amides is 1. The number of benzene rings is 2. The lowest BCUT2D eigenvalue weighted by Gasteiger charge is -2.29. The molecule has 0 spiro atoms. The van der Waals surface area contributed by atoms with E-state index in [0.29, 0.717) is 24.0 Å². The van der Waals surface area contributed by atoms with Gasteiger partial charge in [-0.05, 0) is 36.1 Å². The maximum absolute atomic E-state index is 12.7. The lowest BCUT2D eigenvalue weighted by molar-refractivity contribution is -0.132. The van der Waals surface area contributed by atoms with Crippen LogP contribution in [-0.2, 0) is 24.3 Å². The SMILES string of the molecule is Cc1cccc2c(=O)n(CC(=O)N3CCc4ccccc4C3)cnc12. The van der Waals surface area contributed by atoms with Gasteiger partial charge in [-0.15, -0.1) is 0 Å². The minimum atomic E-state index is -0.167. The fraction of sp³-hybridized carbons (Fsp3) is 0.250. The number of hydrogen-bond donors (Lipinski definition) is 0. The van der Waals surface area contributed by atoms with Crippen molar-refractivity contribution in [3.05, 3.63) is 75.8 Å². The molecule has 2 aromatic carbocycles. The van der Waals surface area contributed by atoms with Crippen molar-refractivity contribution in [1.82, 2.24) is 14.5 Å². The van der Waals surface area contributed by atoms with Crippen molar-refractivity contribution in [1.29, 1.82) is 0 Å². The van der Waals surface area contributed by atoms with E-state index in [4.69, 9.17) is 0 Å². The number of aryl methyl sites for hydroxylation is 1. The molecule has 3 aromatic rings. The van der Waals surface area contributed by atoms with Gasteiger partial charge in [0.05, 0.1) is 17.2 Å². The Kier molecular flexibility index (Phi) is 3.84. The first-order valence-corrected chi connectivity index (χ1v) is 8.43. The third kappa shape index (κ3) is 2.82. The molecule has 5 heteroatoms. The Morgan fingerprint density at radius 1 is 1.12 bits per heavy atom. The Morgan fingerprint density at radius 3 is 2.76 bits per heavy atom. The van der Waals surface area contributed by atoms with E-state index in [0.717, 1.165) is 12.0 Å². The van der Waals surface area contributed by atoms with Crippen molar-refractivity contribution in [2.75, 3.05) is 6.54 Å². The van der Waals surface area contributed by atoms with Crippen LogP contribution in [-0.4, -0.2) is 26.9 Å². The summed E-state index contributed by atoms with van der Waals surface area (Å²) in [6.07, 6.45) is 2.33. The first kappa shape index (κ1) is 15.6. The summed E-state index contributed by atoms with van der Waals surface area (Å²) in [6, 6.07) is 13.7. The second-order valence-corrected chi connectivity index (χ2v) is 6.48. The maximum atomic E-state index is 12.7. The van der Waals surface area contributed by atoms with Crippen LogP contribution >= 0.6 is 0 Å². The van der Waals surface area contributed by atoms with Gasteiger partial charge in [0.1, 0.15) is 6.54 Å². The molecule has 0 unspecified atom stereocenters. The van der Waals surface area contributed by atoms with Gasteiger partial charge in [0.15, 0.2) is 0 Å². The first-order valence-electron chi connectivity index (χ1n) is 8.43. The zero-order chi connectivity index (χ0) is 17.4. The lowest BCUT2D eigenvalue weighted by Crippen LogP contribution is -2.39. The summed E-state index contributed by atoms with van der Waals surface area (Å²) in [6.45, 7) is 3.24. The Labute approximate surface area is 145 Å². The third-order valence-corrected chi connectivity index (χ3v) is 4.84. The molecule has 1 aliphatic heterocycles. The van der Waals surface area contributed by atoms with E-state index in [1.165, 1.54) is 22.0 Å². The highest BCUT2D eigenvalue weighted by atomic mass is 16.2. The molecular formula is C20H19N3O2. The Morgan fingerprint density at radius 2 is 1.92 bits per heavy atom. The highest BCUT2D eigenvalue weighted by Crippen LogP contribution is 2.18. The van der Waals surface area contributed by atoms with Crippen LogP contribution in [0.25, 0.3) is 10.9 Å². The first-order chi connectivity index (χ1) is 12.1. The van der Waals surface area contributed by atoms with Crippen molar-refractivity contribution >= 4 is 16.8 Å². The normalized spacial score (nSPS) is 13.7. The lowest BCUT2D eigenvalue weighted by atomic mass is 10.00. The van der Waals surface area contributed by atoms with E-state index >= 15 is 0 Å². The van der Waals surface area contributed by atoms with Crippen LogP contribution in [0.1, 0.15) is 16.7 Å². The van der Waals surface area contributed by atoms with E-state index in [9.17, 15) is 9.59 Å². The molecule has 0 fully saturated rings. The van der Waals surface area contributed by atoms with E-state index < -0.39 is 0 Å². The van der Waals surface area contributed by atoms with Crippen LogP contribution in [0.2, 0.25) is 0 Å².